The quantitative estimate of drug-likeness (QED) is 0.723. The Kier molecular flexibility index (Phi) is 4.69. The highest BCUT2D eigenvalue weighted by molar-refractivity contribution is 5.26. The van der Waals surface area contributed by atoms with E-state index in [2.05, 4.69) is 44.7 Å². The lowest BCUT2D eigenvalue weighted by atomic mass is 9.99. The summed E-state index contributed by atoms with van der Waals surface area (Å²) in [5.41, 5.74) is 2.67. The number of hydrogen-bond donors (Lipinski definition) is 2. The van der Waals surface area contributed by atoms with Gasteiger partial charge in [0.2, 0.25) is 5.95 Å². The van der Waals surface area contributed by atoms with Crippen molar-refractivity contribution in [2.45, 2.75) is 26.3 Å². The molecule has 7 heteroatoms. The summed E-state index contributed by atoms with van der Waals surface area (Å²) >= 11 is 0. The summed E-state index contributed by atoms with van der Waals surface area (Å²) in [5, 5.41) is 11.5. The van der Waals surface area contributed by atoms with E-state index < -0.39 is 0 Å². The minimum absolute atomic E-state index is 0.162. The highest BCUT2D eigenvalue weighted by Crippen LogP contribution is 2.21. The SMILES string of the molecule is Cc1cc(=O)[nH]c(NCCn2cc([C@H](C)c3ccccc3)nn2)n1. The average Bonchev–Trinajstić information content (AvgIpc) is 3.03. The first-order chi connectivity index (χ1) is 11.6. The molecule has 1 aromatic carbocycles. The number of benzene rings is 1. The molecule has 0 spiro atoms. The fourth-order valence-corrected chi connectivity index (χ4v) is 2.49. The van der Waals surface area contributed by atoms with Gasteiger partial charge in [-0.25, -0.2) is 4.98 Å². The molecule has 0 saturated carbocycles. The van der Waals surface area contributed by atoms with Gasteiger partial charge in [0.15, 0.2) is 0 Å². The van der Waals surface area contributed by atoms with Gasteiger partial charge in [0, 0.05) is 30.4 Å². The molecule has 2 heterocycles. The zero-order valence-corrected chi connectivity index (χ0v) is 13.7. The molecule has 2 aromatic heterocycles. The van der Waals surface area contributed by atoms with Crippen LogP contribution in [0, 0.1) is 6.92 Å². The third-order valence-corrected chi connectivity index (χ3v) is 3.80. The molecule has 124 valence electrons. The van der Waals surface area contributed by atoms with Crippen molar-refractivity contribution < 1.29 is 0 Å². The van der Waals surface area contributed by atoms with E-state index in [4.69, 9.17) is 0 Å². The van der Waals surface area contributed by atoms with Crippen molar-refractivity contribution in [3.05, 3.63) is 69.9 Å². The molecule has 0 radical (unpaired) electrons. The van der Waals surface area contributed by atoms with Gasteiger partial charge in [-0.2, -0.15) is 0 Å². The third-order valence-electron chi connectivity index (χ3n) is 3.80. The monoisotopic (exact) mass is 324 g/mol. The first-order valence-electron chi connectivity index (χ1n) is 7.88. The number of H-pyrrole nitrogens is 1. The van der Waals surface area contributed by atoms with Crippen molar-refractivity contribution in [3.8, 4) is 0 Å². The topological polar surface area (TPSA) is 88.5 Å². The summed E-state index contributed by atoms with van der Waals surface area (Å²) in [6.45, 7) is 5.12. The molecule has 3 aromatic rings. The van der Waals surface area contributed by atoms with E-state index in [-0.39, 0.29) is 11.5 Å². The number of anilines is 1. The molecule has 0 fully saturated rings. The molecule has 0 unspecified atom stereocenters. The molecule has 24 heavy (non-hydrogen) atoms. The Labute approximate surface area is 139 Å². The average molecular weight is 324 g/mol. The number of aryl methyl sites for hydroxylation is 1. The zero-order chi connectivity index (χ0) is 16.9. The van der Waals surface area contributed by atoms with Gasteiger partial charge in [-0.15, -0.1) is 5.10 Å². The molecule has 0 amide bonds. The fraction of sp³-hybridized carbons (Fsp3) is 0.294. The predicted molar refractivity (Wildman–Crippen MR) is 92.1 cm³/mol. The van der Waals surface area contributed by atoms with Crippen LogP contribution in [-0.2, 0) is 6.54 Å². The van der Waals surface area contributed by atoms with Crippen LogP contribution in [0.4, 0.5) is 5.95 Å². The van der Waals surface area contributed by atoms with Crippen LogP contribution in [0.25, 0.3) is 0 Å². The number of nitrogens with zero attached hydrogens (tertiary/aromatic N) is 4. The number of hydrogen-bond acceptors (Lipinski definition) is 5. The van der Waals surface area contributed by atoms with Crippen molar-refractivity contribution in [2.75, 3.05) is 11.9 Å². The van der Waals surface area contributed by atoms with Crippen LogP contribution in [-0.4, -0.2) is 31.5 Å². The smallest absolute Gasteiger partial charge is 0.252 e. The predicted octanol–water partition coefficient (Wildman–Crippen LogP) is 1.93. The minimum atomic E-state index is -0.162. The Hall–Kier alpha value is -2.96. The molecular formula is C17H20N6O. The highest BCUT2D eigenvalue weighted by Gasteiger charge is 2.12. The standard InChI is InChI=1S/C17H20N6O/c1-12-10-16(24)20-17(19-12)18-8-9-23-11-15(21-22-23)13(2)14-6-4-3-5-7-14/h3-7,10-11,13H,8-9H2,1-2H3,(H2,18,19,20,24)/t13-/m1/s1. The maximum atomic E-state index is 11.4. The van der Waals surface area contributed by atoms with Crippen molar-refractivity contribution >= 4 is 5.95 Å². The molecule has 0 saturated heterocycles. The van der Waals surface area contributed by atoms with E-state index in [0.717, 1.165) is 5.69 Å². The molecule has 0 aliphatic heterocycles. The maximum Gasteiger partial charge on any atom is 0.252 e. The molecule has 7 nitrogen and oxygen atoms in total. The van der Waals surface area contributed by atoms with E-state index in [0.29, 0.717) is 24.7 Å². The third kappa shape index (κ3) is 3.87. The lowest BCUT2D eigenvalue weighted by molar-refractivity contribution is 0.607. The second kappa shape index (κ2) is 7.08. The molecular weight excluding hydrogens is 304 g/mol. The number of nitrogens with one attached hydrogen (secondary N) is 2. The highest BCUT2D eigenvalue weighted by atomic mass is 16.1. The summed E-state index contributed by atoms with van der Waals surface area (Å²) in [6, 6.07) is 11.7. The minimum Gasteiger partial charge on any atom is -0.354 e. The summed E-state index contributed by atoms with van der Waals surface area (Å²) in [6.07, 6.45) is 1.95. The maximum absolute atomic E-state index is 11.4. The van der Waals surface area contributed by atoms with Gasteiger partial charge in [-0.05, 0) is 12.5 Å². The van der Waals surface area contributed by atoms with E-state index in [1.54, 1.807) is 11.6 Å². The van der Waals surface area contributed by atoms with Crippen LogP contribution in [0.3, 0.4) is 0 Å². The van der Waals surface area contributed by atoms with E-state index >= 15 is 0 Å². The fourth-order valence-electron chi connectivity index (χ4n) is 2.49. The Morgan fingerprint density at radius 2 is 2.08 bits per heavy atom. The van der Waals surface area contributed by atoms with E-state index in [1.807, 2.05) is 24.4 Å². The number of rotatable bonds is 6. The normalized spacial score (nSPS) is 12.1. The Morgan fingerprint density at radius 1 is 1.29 bits per heavy atom. The summed E-state index contributed by atoms with van der Waals surface area (Å²) in [5.74, 6) is 0.667. The van der Waals surface area contributed by atoms with Crippen LogP contribution < -0.4 is 10.9 Å². The van der Waals surface area contributed by atoms with Crippen molar-refractivity contribution in [1.82, 2.24) is 25.0 Å². The van der Waals surface area contributed by atoms with Gasteiger partial charge in [0.05, 0.1) is 12.2 Å². The van der Waals surface area contributed by atoms with Gasteiger partial charge in [-0.1, -0.05) is 42.5 Å². The van der Waals surface area contributed by atoms with Gasteiger partial charge in [0.1, 0.15) is 0 Å². The zero-order valence-electron chi connectivity index (χ0n) is 13.7. The largest absolute Gasteiger partial charge is 0.354 e. The first kappa shape index (κ1) is 15.9. The first-order valence-corrected chi connectivity index (χ1v) is 7.88. The molecule has 1 atom stereocenters. The summed E-state index contributed by atoms with van der Waals surface area (Å²) in [7, 11) is 0. The molecule has 0 aliphatic rings. The van der Waals surface area contributed by atoms with E-state index in [9.17, 15) is 4.79 Å². The second-order valence-electron chi connectivity index (χ2n) is 5.70. The van der Waals surface area contributed by atoms with E-state index in [1.165, 1.54) is 11.6 Å². The van der Waals surface area contributed by atoms with Crippen LogP contribution >= 0.6 is 0 Å². The summed E-state index contributed by atoms with van der Waals surface area (Å²) < 4.78 is 1.79. The van der Waals surface area contributed by atoms with Gasteiger partial charge in [0.25, 0.3) is 5.56 Å². The van der Waals surface area contributed by atoms with Gasteiger partial charge >= 0.3 is 0 Å². The molecule has 0 bridgehead atoms. The molecule has 3 rings (SSSR count). The van der Waals surface area contributed by atoms with Crippen molar-refractivity contribution in [3.63, 3.8) is 0 Å². The number of aromatic nitrogens is 5. The van der Waals surface area contributed by atoms with Crippen LogP contribution in [0.1, 0.15) is 29.8 Å². The molecule has 0 aliphatic carbocycles. The lowest BCUT2D eigenvalue weighted by Gasteiger charge is -2.07. The lowest BCUT2D eigenvalue weighted by Crippen LogP contribution is -2.16. The van der Waals surface area contributed by atoms with Crippen LogP contribution in [0.2, 0.25) is 0 Å². The van der Waals surface area contributed by atoms with Crippen molar-refractivity contribution in [1.29, 1.82) is 0 Å². The summed E-state index contributed by atoms with van der Waals surface area (Å²) in [4.78, 5) is 18.3. The molecule has 2 N–H and O–H groups in total. The van der Waals surface area contributed by atoms with Gasteiger partial charge in [-0.3, -0.25) is 14.5 Å². The van der Waals surface area contributed by atoms with Crippen LogP contribution in [0.5, 0.6) is 0 Å². The van der Waals surface area contributed by atoms with Crippen molar-refractivity contribution in [2.24, 2.45) is 0 Å². The Bertz CT molecular complexity index is 855. The van der Waals surface area contributed by atoms with Gasteiger partial charge < -0.3 is 5.32 Å². The second-order valence-corrected chi connectivity index (χ2v) is 5.70. The number of aromatic amines is 1. The van der Waals surface area contributed by atoms with Crippen LogP contribution in [0.15, 0.2) is 47.4 Å². The Balaban J connectivity index is 1.59. The Morgan fingerprint density at radius 3 is 2.83 bits per heavy atom.